The Morgan fingerprint density at radius 1 is 1.12 bits per heavy atom. The molecule has 0 aliphatic carbocycles. The van der Waals surface area contributed by atoms with Crippen molar-refractivity contribution in [1.82, 2.24) is 10.6 Å². The van der Waals surface area contributed by atoms with Gasteiger partial charge in [0.2, 0.25) is 0 Å². The number of urea groups is 1. The number of carbonyl (C=O) groups excluding carboxylic acids is 2. The Morgan fingerprint density at radius 2 is 1.92 bits per heavy atom. The summed E-state index contributed by atoms with van der Waals surface area (Å²) in [6, 6.07) is 0.519. The lowest BCUT2D eigenvalue weighted by atomic mass is 10.0. The van der Waals surface area contributed by atoms with E-state index in [-0.39, 0.29) is 24.1 Å². The number of rotatable bonds is 12. The predicted octanol–water partition coefficient (Wildman–Crippen LogP) is 3.62. The molecule has 3 atom stereocenters. The summed E-state index contributed by atoms with van der Waals surface area (Å²) in [5.74, 6) is 0.935. The standard InChI is InChI=1S/C18H32N2O3S/c1-2-3-4-5-6-9-12-23-16(21)11-8-7-10-15-17-14(13-24-15)19-18(22)20-17/h14-15,17H,2-13H2,1H3,(H2,19,20,22)/t14-,15-,17-/m0/s1. The average molecular weight is 357 g/mol. The number of unbranched alkanes of at least 4 members (excludes halogenated alkanes) is 6. The highest BCUT2D eigenvalue weighted by molar-refractivity contribution is 8.00. The fourth-order valence-corrected chi connectivity index (χ4v) is 4.94. The van der Waals surface area contributed by atoms with Crippen molar-refractivity contribution in [1.29, 1.82) is 0 Å². The monoisotopic (exact) mass is 356 g/mol. The molecular formula is C18H32N2O3S. The van der Waals surface area contributed by atoms with Crippen LogP contribution in [0.15, 0.2) is 0 Å². The van der Waals surface area contributed by atoms with Crippen LogP contribution < -0.4 is 10.6 Å². The third-order valence-electron chi connectivity index (χ3n) is 4.82. The van der Waals surface area contributed by atoms with Crippen molar-refractivity contribution >= 4 is 23.8 Å². The molecule has 2 N–H and O–H groups in total. The Labute approximate surface area is 150 Å². The lowest BCUT2D eigenvalue weighted by molar-refractivity contribution is -0.143. The second-order valence-electron chi connectivity index (χ2n) is 6.86. The van der Waals surface area contributed by atoms with Crippen LogP contribution in [0.2, 0.25) is 0 Å². The Morgan fingerprint density at radius 3 is 2.75 bits per heavy atom. The summed E-state index contributed by atoms with van der Waals surface area (Å²) < 4.78 is 5.29. The summed E-state index contributed by atoms with van der Waals surface area (Å²) in [6.45, 7) is 2.79. The quantitative estimate of drug-likeness (QED) is 0.318. The molecule has 2 aliphatic rings. The van der Waals surface area contributed by atoms with Gasteiger partial charge >= 0.3 is 12.0 Å². The van der Waals surface area contributed by atoms with Gasteiger partial charge in [0.15, 0.2) is 0 Å². The van der Waals surface area contributed by atoms with E-state index < -0.39 is 0 Å². The number of thioether (sulfide) groups is 1. The van der Waals surface area contributed by atoms with Gasteiger partial charge < -0.3 is 15.4 Å². The molecule has 0 aromatic carbocycles. The van der Waals surface area contributed by atoms with Crippen molar-refractivity contribution in [2.75, 3.05) is 12.4 Å². The van der Waals surface area contributed by atoms with Gasteiger partial charge in [0, 0.05) is 17.4 Å². The van der Waals surface area contributed by atoms with E-state index in [4.69, 9.17) is 4.74 Å². The summed E-state index contributed by atoms with van der Waals surface area (Å²) in [4.78, 5) is 23.0. The van der Waals surface area contributed by atoms with Crippen LogP contribution in [0.3, 0.4) is 0 Å². The van der Waals surface area contributed by atoms with Crippen molar-refractivity contribution in [2.24, 2.45) is 0 Å². The molecule has 0 aromatic heterocycles. The smallest absolute Gasteiger partial charge is 0.315 e. The Balaban J connectivity index is 1.43. The minimum absolute atomic E-state index is 0.0337. The number of hydrogen-bond donors (Lipinski definition) is 2. The van der Waals surface area contributed by atoms with Crippen LogP contribution in [-0.2, 0) is 9.53 Å². The fourth-order valence-electron chi connectivity index (χ4n) is 3.40. The van der Waals surface area contributed by atoms with Gasteiger partial charge in [-0.2, -0.15) is 11.8 Å². The molecule has 0 spiro atoms. The van der Waals surface area contributed by atoms with Crippen LogP contribution in [-0.4, -0.2) is 41.7 Å². The maximum Gasteiger partial charge on any atom is 0.315 e. The van der Waals surface area contributed by atoms with E-state index in [1.54, 1.807) is 0 Å². The molecular weight excluding hydrogens is 324 g/mol. The molecule has 5 nitrogen and oxygen atoms in total. The Hall–Kier alpha value is -0.910. The zero-order valence-electron chi connectivity index (χ0n) is 14.9. The molecule has 0 radical (unpaired) electrons. The zero-order valence-corrected chi connectivity index (χ0v) is 15.7. The fraction of sp³-hybridized carbons (Fsp3) is 0.889. The highest BCUT2D eigenvalue weighted by Gasteiger charge is 2.42. The molecule has 2 aliphatic heterocycles. The molecule has 138 valence electrons. The first kappa shape index (κ1) is 19.4. The van der Waals surface area contributed by atoms with Crippen LogP contribution in [0.4, 0.5) is 4.79 Å². The molecule has 6 heteroatoms. The van der Waals surface area contributed by atoms with Crippen LogP contribution in [0.1, 0.15) is 71.1 Å². The molecule has 2 fully saturated rings. The van der Waals surface area contributed by atoms with Crippen LogP contribution in [0, 0.1) is 0 Å². The topological polar surface area (TPSA) is 67.4 Å². The van der Waals surface area contributed by atoms with Crippen molar-refractivity contribution in [3.8, 4) is 0 Å². The van der Waals surface area contributed by atoms with Crippen LogP contribution >= 0.6 is 11.8 Å². The number of ether oxygens (including phenoxy) is 1. The maximum absolute atomic E-state index is 11.7. The molecule has 2 saturated heterocycles. The molecule has 0 aromatic rings. The lowest BCUT2D eigenvalue weighted by Crippen LogP contribution is -2.36. The molecule has 2 rings (SSSR count). The van der Waals surface area contributed by atoms with E-state index in [0.717, 1.165) is 37.9 Å². The van der Waals surface area contributed by atoms with Gasteiger partial charge in [-0.25, -0.2) is 4.79 Å². The minimum Gasteiger partial charge on any atom is -0.466 e. The maximum atomic E-state index is 11.7. The third kappa shape index (κ3) is 6.54. The molecule has 2 heterocycles. The first-order valence-electron chi connectivity index (χ1n) is 9.55. The number of nitrogens with one attached hydrogen (secondary N) is 2. The molecule has 24 heavy (non-hydrogen) atoms. The summed E-state index contributed by atoms with van der Waals surface area (Å²) in [6.07, 6.45) is 10.7. The predicted molar refractivity (Wildman–Crippen MR) is 98.3 cm³/mol. The highest BCUT2D eigenvalue weighted by Crippen LogP contribution is 2.33. The Kier molecular flexibility index (Phi) is 8.78. The van der Waals surface area contributed by atoms with Gasteiger partial charge in [0.25, 0.3) is 0 Å². The van der Waals surface area contributed by atoms with E-state index in [2.05, 4.69) is 17.6 Å². The summed E-state index contributed by atoms with van der Waals surface area (Å²) >= 11 is 1.93. The van der Waals surface area contributed by atoms with Gasteiger partial charge in [-0.05, 0) is 19.3 Å². The number of hydrogen-bond acceptors (Lipinski definition) is 4. The van der Waals surface area contributed by atoms with Gasteiger partial charge in [-0.3, -0.25) is 4.79 Å². The summed E-state index contributed by atoms with van der Waals surface area (Å²) in [5.41, 5.74) is 0. The van der Waals surface area contributed by atoms with Crippen molar-refractivity contribution in [3.05, 3.63) is 0 Å². The number of esters is 1. The van der Waals surface area contributed by atoms with E-state index in [1.807, 2.05) is 11.8 Å². The number of carbonyl (C=O) groups is 2. The van der Waals surface area contributed by atoms with Gasteiger partial charge in [-0.15, -0.1) is 0 Å². The van der Waals surface area contributed by atoms with Crippen molar-refractivity contribution in [3.63, 3.8) is 0 Å². The molecule has 0 bridgehead atoms. The van der Waals surface area contributed by atoms with E-state index in [0.29, 0.717) is 18.3 Å². The first-order chi connectivity index (χ1) is 11.7. The van der Waals surface area contributed by atoms with E-state index in [9.17, 15) is 9.59 Å². The highest BCUT2D eigenvalue weighted by atomic mass is 32.2. The number of fused-ring (bicyclic) bond motifs is 1. The van der Waals surface area contributed by atoms with Crippen LogP contribution in [0.25, 0.3) is 0 Å². The molecule has 0 unspecified atom stereocenters. The third-order valence-corrected chi connectivity index (χ3v) is 6.33. The summed E-state index contributed by atoms with van der Waals surface area (Å²) in [7, 11) is 0. The largest absolute Gasteiger partial charge is 0.466 e. The van der Waals surface area contributed by atoms with E-state index >= 15 is 0 Å². The second-order valence-corrected chi connectivity index (χ2v) is 8.13. The van der Waals surface area contributed by atoms with Crippen LogP contribution in [0.5, 0.6) is 0 Å². The first-order valence-corrected chi connectivity index (χ1v) is 10.6. The molecule has 0 saturated carbocycles. The van der Waals surface area contributed by atoms with Gasteiger partial charge in [0.05, 0.1) is 18.7 Å². The van der Waals surface area contributed by atoms with Gasteiger partial charge in [-0.1, -0.05) is 45.4 Å². The van der Waals surface area contributed by atoms with Crippen molar-refractivity contribution in [2.45, 2.75) is 88.5 Å². The lowest BCUT2D eigenvalue weighted by Gasteiger charge is -2.16. The SMILES string of the molecule is CCCCCCCCOC(=O)CCCC[C@@H]1SC[C@@H]2NC(=O)N[C@@H]21. The normalized spacial score (nSPS) is 25.2. The zero-order chi connectivity index (χ0) is 17.2. The van der Waals surface area contributed by atoms with Crippen molar-refractivity contribution < 1.29 is 14.3 Å². The Bertz CT molecular complexity index is 406. The average Bonchev–Trinajstić information content (AvgIpc) is 3.10. The van der Waals surface area contributed by atoms with E-state index in [1.165, 1.54) is 25.7 Å². The van der Waals surface area contributed by atoms with Gasteiger partial charge in [0.1, 0.15) is 0 Å². The molecule has 2 amide bonds. The minimum atomic E-state index is -0.0589. The number of amides is 2. The second kappa shape index (κ2) is 10.9. The summed E-state index contributed by atoms with van der Waals surface area (Å²) in [5, 5.41) is 6.44.